The Morgan fingerprint density at radius 1 is 1.07 bits per heavy atom. The van der Waals surface area contributed by atoms with E-state index < -0.39 is 23.3 Å². The van der Waals surface area contributed by atoms with Crippen LogP contribution in [0.15, 0.2) is 55.1 Å². The Bertz CT molecular complexity index is 1510. The van der Waals surface area contributed by atoms with Crippen LogP contribution in [0.2, 0.25) is 0 Å². The normalized spacial score (nSPS) is 13.8. The smallest absolute Gasteiger partial charge is 0.410 e. The summed E-state index contributed by atoms with van der Waals surface area (Å²) < 4.78 is 37.6. The summed E-state index contributed by atoms with van der Waals surface area (Å²) >= 11 is 0. The molecule has 0 saturated carbocycles. The highest BCUT2D eigenvalue weighted by Gasteiger charge is 2.28. The van der Waals surface area contributed by atoms with Crippen LogP contribution in [0.4, 0.5) is 30.9 Å². The van der Waals surface area contributed by atoms with Gasteiger partial charge in [-0.05, 0) is 58.0 Å². The molecule has 5 rings (SSSR count). The summed E-state index contributed by atoms with van der Waals surface area (Å²) in [6.07, 6.45) is 6.46. The molecule has 1 saturated heterocycles. The number of anilines is 3. The second-order valence-electron chi connectivity index (χ2n) is 10.6. The molecular weight excluding hydrogens is 530 g/mol. The average molecular weight is 563 g/mol. The van der Waals surface area contributed by atoms with Gasteiger partial charge in [-0.3, -0.25) is 9.67 Å². The number of carbonyl (C=O) groups is 1. The number of amides is 1. The first-order valence-electron chi connectivity index (χ1n) is 13.4. The predicted octanol–water partition coefficient (Wildman–Crippen LogP) is 5.50. The lowest BCUT2D eigenvalue weighted by atomic mass is 10.1. The fourth-order valence-electron chi connectivity index (χ4n) is 4.56. The first-order valence-corrected chi connectivity index (χ1v) is 13.4. The highest BCUT2D eigenvalue weighted by Crippen LogP contribution is 2.32. The van der Waals surface area contributed by atoms with E-state index in [1.54, 1.807) is 55.2 Å². The van der Waals surface area contributed by atoms with Gasteiger partial charge in [-0.25, -0.2) is 23.5 Å². The molecule has 1 aliphatic rings. The Hall–Kier alpha value is -4.61. The number of aryl methyl sites for hydroxylation is 1. The van der Waals surface area contributed by atoms with Crippen LogP contribution in [0.25, 0.3) is 22.5 Å². The van der Waals surface area contributed by atoms with Gasteiger partial charge in [-0.2, -0.15) is 5.10 Å². The minimum absolute atomic E-state index is 0.137. The van der Waals surface area contributed by atoms with Crippen molar-refractivity contribution in [1.82, 2.24) is 29.6 Å². The molecule has 1 N–H and O–H groups in total. The molecule has 1 amide bonds. The third-order valence-corrected chi connectivity index (χ3v) is 6.47. The molecule has 0 atom stereocenters. The Kier molecular flexibility index (Phi) is 7.82. The molecule has 0 aliphatic carbocycles. The molecule has 1 aromatic carbocycles. The number of rotatable bonds is 6. The summed E-state index contributed by atoms with van der Waals surface area (Å²) in [7, 11) is 0. The molecule has 0 unspecified atom stereocenters. The van der Waals surface area contributed by atoms with Crippen molar-refractivity contribution in [2.45, 2.75) is 39.8 Å². The van der Waals surface area contributed by atoms with Gasteiger partial charge in [-0.15, -0.1) is 0 Å². The van der Waals surface area contributed by atoms with Gasteiger partial charge in [0.15, 0.2) is 11.6 Å². The number of aromatic nitrogens is 5. The number of benzene rings is 1. The summed E-state index contributed by atoms with van der Waals surface area (Å²) in [5.74, 6) is -1.27. The molecule has 4 heterocycles. The predicted molar refractivity (Wildman–Crippen MR) is 152 cm³/mol. The topological polar surface area (TPSA) is 101 Å². The number of hydrogen-bond acceptors (Lipinski definition) is 8. The number of pyridine rings is 1. The van der Waals surface area contributed by atoms with E-state index in [4.69, 9.17) is 4.74 Å². The molecule has 41 heavy (non-hydrogen) atoms. The SMILES string of the molecule is CCn1cc(-c2ccnc(Nc3cc(F)c(N4CCN(C(=O)OC(C)(C)C)CC4)c(F)c3)n2)c(-c2cccnc2)n1. The number of hydrogen-bond donors (Lipinski definition) is 1. The van der Waals surface area contributed by atoms with Gasteiger partial charge in [0.1, 0.15) is 17.0 Å². The van der Waals surface area contributed by atoms with E-state index in [1.165, 1.54) is 12.1 Å². The van der Waals surface area contributed by atoms with Gasteiger partial charge >= 0.3 is 6.09 Å². The lowest BCUT2D eigenvalue weighted by molar-refractivity contribution is 0.0240. The zero-order chi connectivity index (χ0) is 29.1. The number of piperazine rings is 1. The van der Waals surface area contributed by atoms with Crippen molar-refractivity contribution in [2.24, 2.45) is 0 Å². The minimum atomic E-state index is -0.725. The van der Waals surface area contributed by atoms with Crippen LogP contribution in [0.5, 0.6) is 0 Å². The first-order chi connectivity index (χ1) is 19.6. The van der Waals surface area contributed by atoms with Crippen LogP contribution in [0, 0.1) is 11.6 Å². The minimum Gasteiger partial charge on any atom is -0.444 e. The van der Waals surface area contributed by atoms with Gasteiger partial charge in [0, 0.05) is 74.3 Å². The van der Waals surface area contributed by atoms with Crippen LogP contribution in [0.3, 0.4) is 0 Å². The third kappa shape index (κ3) is 6.42. The fourth-order valence-corrected chi connectivity index (χ4v) is 4.56. The number of ether oxygens (including phenoxy) is 1. The molecule has 12 heteroatoms. The largest absolute Gasteiger partial charge is 0.444 e. The lowest BCUT2D eigenvalue weighted by Crippen LogP contribution is -2.50. The van der Waals surface area contributed by atoms with Crippen molar-refractivity contribution < 1.29 is 18.3 Å². The molecule has 1 aliphatic heterocycles. The van der Waals surface area contributed by atoms with E-state index >= 15 is 8.78 Å². The summed E-state index contributed by atoms with van der Waals surface area (Å²) in [4.78, 5) is 28.5. The molecule has 0 spiro atoms. The highest BCUT2D eigenvalue weighted by molar-refractivity contribution is 5.78. The van der Waals surface area contributed by atoms with E-state index in [0.29, 0.717) is 25.3 Å². The zero-order valence-corrected chi connectivity index (χ0v) is 23.4. The maximum atomic E-state index is 15.2. The third-order valence-electron chi connectivity index (χ3n) is 6.47. The van der Waals surface area contributed by atoms with Crippen molar-refractivity contribution >= 4 is 23.4 Å². The lowest BCUT2D eigenvalue weighted by Gasteiger charge is -2.37. The van der Waals surface area contributed by atoms with Crippen LogP contribution in [-0.2, 0) is 11.3 Å². The van der Waals surface area contributed by atoms with E-state index in [2.05, 4.69) is 25.4 Å². The maximum absolute atomic E-state index is 15.2. The molecule has 214 valence electrons. The molecular formula is C29H32F2N8O2. The molecule has 4 aromatic rings. The van der Waals surface area contributed by atoms with Crippen molar-refractivity contribution in [3.05, 3.63) is 66.8 Å². The quantitative estimate of drug-likeness (QED) is 0.329. The summed E-state index contributed by atoms with van der Waals surface area (Å²) in [6, 6.07) is 7.94. The van der Waals surface area contributed by atoms with Crippen molar-refractivity contribution in [3.8, 4) is 22.5 Å². The van der Waals surface area contributed by atoms with Gasteiger partial charge in [0.05, 0.1) is 5.69 Å². The van der Waals surface area contributed by atoms with Crippen LogP contribution in [0.1, 0.15) is 27.7 Å². The monoisotopic (exact) mass is 562 g/mol. The second kappa shape index (κ2) is 11.5. The Morgan fingerprint density at radius 3 is 2.44 bits per heavy atom. The molecule has 1 fully saturated rings. The summed E-state index contributed by atoms with van der Waals surface area (Å²) in [5.41, 5.74) is 2.36. The maximum Gasteiger partial charge on any atom is 0.410 e. The molecule has 3 aromatic heterocycles. The van der Waals surface area contributed by atoms with E-state index in [0.717, 1.165) is 16.8 Å². The average Bonchev–Trinajstić information content (AvgIpc) is 3.38. The Morgan fingerprint density at radius 2 is 1.80 bits per heavy atom. The first kappa shape index (κ1) is 27.9. The molecule has 0 radical (unpaired) electrons. The Labute approximate surface area is 237 Å². The van der Waals surface area contributed by atoms with Crippen molar-refractivity contribution in [1.29, 1.82) is 0 Å². The van der Waals surface area contributed by atoms with Crippen molar-refractivity contribution in [3.63, 3.8) is 0 Å². The van der Waals surface area contributed by atoms with Gasteiger partial charge in [0.2, 0.25) is 5.95 Å². The van der Waals surface area contributed by atoms with Crippen LogP contribution in [-0.4, -0.2) is 67.5 Å². The van der Waals surface area contributed by atoms with Crippen molar-refractivity contribution in [2.75, 3.05) is 36.4 Å². The standard InChI is InChI=1S/C29H32F2N8O2/c1-5-39-18-21(25(36-39)19-7-6-9-32-17-19)24-8-10-33-27(35-24)34-20-15-22(30)26(23(31)16-20)37-11-13-38(14-12-37)28(40)41-29(2,3)4/h6-10,15-18H,5,11-14H2,1-4H3,(H,33,34,35). The highest BCUT2D eigenvalue weighted by atomic mass is 19.1. The van der Waals surface area contributed by atoms with Crippen LogP contribution >= 0.6 is 0 Å². The molecule has 0 bridgehead atoms. The van der Waals surface area contributed by atoms with Gasteiger partial charge in [0.25, 0.3) is 0 Å². The van der Waals surface area contributed by atoms with Gasteiger partial charge in [-0.1, -0.05) is 0 Å². The number of nitrogens with one attached hydrogen (secondary N) is 1. The van der Waals surface area contributed by atoms with Crippen LogP contribution < -0.4 is 10.2 Å². The Balaban J connectivity index is 1.32. The fraction of sp³-hybridized carbons (Fsp3) is 0.345. The van der Waals surface area contributed by atoms with E-state index in [-0.39, 0.29) is 30.4 Å². The molecule has 10 nitrogen and oxygen atoms in total. The van der Waals surface area contributed by atoms with E-state index in [1.807, 2.05) is 29.9 Å². The number of nitrogens with zero attached hydrogens (tertiary/aromatic N) is 7. The van der Waals surface area contributed by atoms with Gasteiger partial charge < -0.3 is 19.9 Å². The summed E-state index contributed by atoms with van der Waals surface area (Å²) in [6.45, 7) is 9.18. The number of carbonyl (C=O) groups excluding carboxylic acids is 1. The summed E-state index contributed by atoms with van der Waals surface area (Å²) in [5, 5.41) is 7.58. The number of halogens is 2. The van der Waals surface area contributed by atoms with E-state index in [9.17, 15) is 4.79 Å². The second-order valence-corrected chi connectivity index (χ2v) is 10.6. The zero-order valence-electron chi connectivity index (χ0n) is 23.4.